The SMILES string of the molecule is O=C(O)C1CCN(C(=O)/C=C/c2cncc(F)c2)CC1. The van der Waals surface area contributed by atoms with Gasteiger partial charge in [-0.1, -0.05) is 0 Å². The van der Waals surface area contributed by atoms with Crippen molar-refractivity contribution in [3.05, 3.63) is 35.9 Å². The van der Waals surface area contributed by atoms with E-state index in [0.29, 0.717) is 31.5 Å². The van der Waals surface area contributed by atoms with Crippen LogP contribution in [0.15, 0.2) is 24.5 Å². The molecule has 1 aliphatic rings. The van der Waals surface area contributed by atoms with Crippen LogP contribution in [0.1, 0.15) is 18.4 Å². The Bertz CT molecular complexity index is 537. The highest BCUT2D eigenvalue weighted by atomic mass is 19.1. The molecule has 0 saturated carbocycles. The molecule has 6 heteroatoms. The fraction of sp³-hybridized carbons (Fsp3) is 0.357. The van der Waals surface area contributed by atoms with Crippen molar-refractivity contribution < 1.29 is 19.1 Å². The van der Waals surface area contributed by atoms with E-state index in [1.807, 2.05) is 0 Å². The molecule has 1 fully saturated rings. The van der Waals surface area contributed by atoms with Crippen molar-refractivity contribution in [2.24, 2.45) is 5.92 Å². The third kappa shape index (κ3) is 3.63. The maximum Gasteiger partial charge on any atom is 0.306 e. The number of piperidine rings is 1. The topological polar surface area (TPSA) is 70.5 Å². The summed E-state index contributed by atoms with van der Waals surface area (Å²) in [5, 5.41) is 8.88. The van der Waals surface area contributed by atoms with Crippen molar-refractivity contribution in [3.8, 4) is 0 Å². The van der Waals surface area contributed by atoms with Gasteiger partial charge in [-0.2, -0.15) is 0 Å². The predicted octanol–water partition coefficient (Wildman–Crippen LogP) is 1.56. The monoisotopic (exact) mass is 278 g/mol. The molecule has 1 aromatic rings. The van der Waals surface area contributed by atoms with E-state index in [2.05, 4.69) is 4.98 Å². The first-order valence-electron chi connectivity index (χ1n) is 6.36. The molecule has 0 spiro atoms. The minimum Gasteiger partial charge on any atom is -0.481 e. The van der Waals surface area contributed by atoms with Gasteiger partial charge in [0.2, 0.25) is 5.91 Å². The maximum atomic E-state index is 12.9. The minimum atomic E-state index is -0.807. The fourth-order valence-corrected chi connectivity index (χ4v) is 2.14. The lowest BCUT2D eigenvalue weighted by Crippen LogP contribution is -2.39. The molecule has 0 bridgehead atoms. The number of carbonyl (C=O) groups is 2. The standard InChI is InChI=1S/C14H15FN2O3/c15-12-7-10(8-16-9-12)1-2-13(18)17-5-3-11(4-6-17)14(19)20/h1-2,7-9,11H,3-6H2,(H,19,20)/b2-1+. The van der Waals surface area contributed by atoms with E-state index in [1.54, 1.807) is 4.90 Å². The number of nitrogens with zero attached hydrogens (tertiary/aromatic N) is 2. The maximum absolute atomic E-state index is 12.9. The number of carboxylic acid groups (broad SMARTS) is 1. The molecule has 1 N–H and O–H groups in total. The van der Waals surface area contributed by atoms with Crippen molar-refractivity contribution in [2.75, 3.05) is 13.1 Å². The number of halogens is 1. The van der Waals surface area contributed by atoms with Crippen LogP contribution >= 0.6 is 0 Å². The smallest absolute Gasteiger partial charge is 0.306 e. The highest BCUT2D eigenvalue weighted by Gasteiger charge is 2.25. The number of hydrogen-bond acceptors (Lipinski definition) is 3. The quantitative estimate of drug-likeness (QED) is 0.852. The first kappa shape index (κ1) is 14.2. The fourth-order valence-electron chi connectivity index (χ4n) is 2.14. The molecule has 1 aliphatic heterocycles. The number of pyridine rings is 1. The largest absolute Gasteiger partial charge is 0.481 e. The average molecular weight is 278 g/mol. The van der Waals surface area contributed by atoms with E-state index in [4.69, 9.17) is 5.11 Å². The molecule has 1 aromatic heterocycles. The Labute approximate surface area is 115 Å². The molecule has 0 atom stereocenters. The summed E-state index contributed by atoms with van der Waals surface area (Å²) in [5.74, 6) is -1.83. The van der Waals surface area contributed by atoms with Gasteiger partial charge in [0, 0.05) is 25.4 Å². The summed E-state index contributed by atoms with van der Waals surface area (Å²) in [5.41, 5.74) is 0.513. The second-order valence-corrected chi connectivity index (χ2v) is 4.71. The molecular weight excluding hydrogens is 263 g/mol. The Morgan fingerprint density at radius 1 is 1.35 bits per heavy atom. The zero-order chi connectivity index (χ0) is 14.5. The van der Waals surface area contributed by atoms with Crippen molar-refractivity contribution in [3.63, 3.8) is 0 Å². The first-order chi connectivity index (χ1) is 9.56. The number of carbonyl (C=O) groups excluding carboxylic acids is 1. The van der Waals surface area contributed by atoms with Crippen LogP contribution < -0.4 is 0 Å². The molecular formula is C14H15FN2O3. The molecule has 0 unspecified atom stereocenters. The van der Waals surface area contributed by atoms with E-state index in [1.165, 1.54) is 24.4 Å². The van der Waals surface area contributed by atoms with Gasteiger partial charge in [-0.15, -0.1) is 0 Å². The lowest BCUT2D eigenvalue weighted by molar-refractivity contribution is -0.144. The molecule has 106 valence electrons. The number of aliphatic carboxylic acids is 1. The van der Waals surface area contributed by atoms with E-state index in [-0.39, 0.29) is 11.8 Å². The molecule has 2 heterocycles. The second kappa shape index (κ2) is 6.27. The number of amides is 1. The summed E-state index contributed by atoms with van der Waals surface area (Å²) in [6, 6.07) is 1.29. The third-order valence-electron chi connectivity index (χ3n) is 3.30. The van der Waals surface area contributed by atoms with Crippen molar-refractivity contribution in [1.29, 1.82) is 0 Å². The Morgan fingerprint density at radius 3 is 2.65 bits per heavy atom. The van der Waals surface area contributed by atoms with Crippen LogP contribution in [0.3, 0.4) is 0 Å². The molecule has 5 nitrogen and oxygen atoms in total. The zero-order valence-electron chi connectivity index (χ0n) is 10.8. The highest BCUT2D eigenvalue weighted by Crippen LogP contribution is 2.17. The summed E-state index contributed by atoms with van der Waals surface area (Å²) in [6.45, 7) is 0.864. The molecule has 20 heavy (non-hydrogen) atoms. The van der Waals surface area contributed by atoms with Crippen LogP contribution in [0, 0.1) is 11.7 Å². The van der Waals surface area contributed by atoms with Gasteiger partial charge in [0.1, 0.15) is 5.82 Å². The van der Waals surface area contributed by atoms with Crippen LogP contribution in [-0.4, -0.2) is 40.0 Å². The van der Waals surface area contributed by atoms with Crippen molar-refractivity contribution in [1.82, 2.24) is 9.88 Å². The van der Waals surface area contributed by atoms with Crippen LogP contribution in [0.25, 0.3) is 6.08 Å². The second-order valence-electron chi connectivity index (χ2n) is 4.71. The van der Waals surface area contributed by atoms with Gasteiger partial charge in [-0.3, -0.25) is 14.6 Å². The molecule has 1 amide bonds. The summed E-state index contributed by atoms with van der Waals surface area (Å²) >= 11 is 0. The molecule has 0 aliphatic carbocycles. The molecule has 0 radical (unpaired) electrons. The van der Waals surface area contributed by atoms with Gasteiger partial charge in [-0.05, 0) is 30.5 Å². The number of carboxylic acids is 1. The van der Waals surface area contributed by atoms with E-state index < -0.39 is 11.8 Å². The Balaban J connectivity index is 1.91. The average Bonchev–Trinajstić information content (AvgIpc) is 2.45. The van der Waals surface area contributed by atoms with Gasteiger partial charge in [0.25, 0.3) is 0 Å². The summed E-state index contributed by atoms with van der Waals surface area (Å²) in [7, 11) is 0. The lowest BCUT2D eigenvalue weighted by atomic mass is 9.97. The van der Waals surface area contributed by atoms with E-state index in [0.717, 1.165) is 6.20 Å². The number of hydrogen-bond donors (Lipinski definition) is 1. The Morgan fingerprint density at radius 2 is 2.05 bits per heavy atom. The minimum absolute atomic E-state index is 0.196. The van der Waals surface area contributed by atoms with Gasteiger partial charge in [0.15, 0.2) is 0 Å². The van der Waals surface area contributed by atoms with Gasteiger partial charge in [-0.25, -0.2) is 4.39 Å². The summed E-state index contributed by atoms with van der Waals surface area (Å²) in [6.07, 6.45) is 6.35. The van der Waals surface area contributed by atoms with Gasteiger partial charge < -0.3 is 10.0 Å². The summed E-state index contributed by atoms with van der Waals surface area (Å²) in [4.78, 5) is 28.0. The number of aromatic nitrogens is 1. The van der Waals surface area contributed by atoms with Gasteiger partial charge >= 0.3 is 5.97 Å². The summed E-state index contributed by atoms with van der Waals surface area (Å²) < 4.78 is 12.9. The Kier molecular flexibility index (Phi) is 4.45. The van der Waals surface area contributed by atoms with Crippen LogP contribution in [0.4, 0.5) is 4.39 Å². The van der Waals surface area contributed by atoms with Crippen LogP contribution in [-0.2, 0) is 9.59 Å². The van der Waals surface area contributed by atoms with Crippen LogP contribution in [0.2, 0.25) is 0 Å². The molecule has 2 rings (SSSR count). The number of likely N-dealkylation sites (tertiary alicyclic amines) is 1. The first-order valence-corrected chi connectivity index (χ1v) is 6.36. The van der Waals surface area contributed by atoms with Crippen molar-refractivity contribution in [2.45, 2.75) is 12.8 Å². The van der Waals surface area contributed by atoms with Crippen molar-refractivity contribution >= 4 is 18.0 Å². The van der Waals surface area contributed by atoms with E-state index >= 15 is 0 Å². The highest BCUT2D eigenvalue weighted by molar-refractivity contribution is 5.91. The third-order valence-corrected chi connectivity index (χ3v) is 3.30. The Hall–Kier alpha value is -2.24. The number of rotatable bonds is 3. The zero-order valence-corrected chi connectivity index (χ0v) is 10.8. The molecule has 1 saturated heterocycles. The normalized spacial score (nSPS) is 16.6. The lowest BCUT2D eigenvalue weighted by Gasteiger charge is -2.29. The van der Waals surface area contributed by atoms with E-state index in [9.17, 15) is 14.0 Å². The van der Waals surface area contributed by atoms with Gasteiger partial charge in [0.05, 0.1) is 12.1 Å². The predicted molar refractivity (Wildman–Crippen MR) is 70.2 cm³/mol. The molecule has 0 aromatic carbocycles. The van der Waals surface area contributed by atoms with Crippen LogP contribution in [0.5, 0.6) is 0 Å².